The third-order valence-corrected chi connectivity index (χ3v) is 4.17. The quantitative estimate of drug-likeness (QED) is 0.671. The minimum atomic E-state index is -0.122. The molecular formula is C16H16BrN5O. The molecule has 118 valence electrons. The van der Waals surface area contributed by atoms with Gasteiger partial charge in [-0.25, -0.2) is 9.97 Å². The Morgan fingerprint density at radius 2 is 2.13 bits per heavy atom. The number of nitrogen functional groups attached to an aromatic ring is 1. The Hall–Kier alpha value is -2.25. The fourth-order valence-corrected chi connectivity index (χ4v) is 2.99. The van der Waals surface area contributed by atoms with Crippen LogP contribution in [0.4, 0.5) is 5.82 Å². The number of imidazole rings is 1. The highest BCUT2D eigenvalue weighted by Crippen LogP contribution is 2.25. The lowest BCUT2D eigenvalue weighted by atomic mass is 10.1. The van der Waals surface area contributed by atoms with Crippen molar-refractivity contribution >= 4 is 33.0 Å². The van der Waals surface area contributed by atoms with E-state index in [1.54, 1.807) is 12.4 Å². The molecule has 2 heterocycles. The highest BCUT2D eigenvalue weighted by Gasteiger charge is 2.18. The van der Waals surface area contributed by atoms with E-state index in [1.165, 1.54) is 0 Å². The van der Waals surface area contributed by atoms with E-state index in [0.717, 1.165) is 11.3 Å². The summed E-state index contributed by atoms with van der Waals surface area (Å²) in [6.07, 6.45) is 3.43. The van der Waals surface area contributed by atoms with Gasteiger partial charge in [0.05, 0.1) is 12.6 Å². The van der Waals surface area contributed by atoms with Gasteiger partial charge in [-0.2, -0.15) is 0 Å². The Kier molecular flexibility index (Phi) is 4.40. The van der Waals surface area contributed by atoms with E-state index in [1.807, 2.05) is 41.7 Å². The van der Waals surface area contributed by atoms with Crippen molar-refractivity contribution in [2.24, 2.45) is 0 Å². The minimum Gasteiger partial charge on any atom is -0.382 e. The summed E-state index contributed by atoms with van der Waals surface area (Å²) in [6.45, 7) is 2.19. The molecule has 0 aliphatic heterocycles. The molecule has 6 nitrogen and oxygen atoms in total. The van der Waals surface area contributed by atoms with Crippen LogP contribution in [-0.2, 0) is 0 Å². The normalized spacial score (nSPS) is 12.4. The molecule has 0 saturated carbocycles. The second-order valence-electron chi connectivity index (χ2n) is 5.18. The van der Waals surface area contributed by atoms with Crippen LogP contribution in [0.1, 0.15) is 29.1 Å². The molecule has 3 N–H and O–H groups in total. The molecule has 0 amide bonds. The molecule has 0 bridgehead atoms. The number of benzene rings is 1. The van der Waals surface area contributed by atoms with Crippen molar-refractivity contribution in [3.05, 3.63) is 58.7 Å². The maximum absolute atomic E-state index is 12.2. The Labute approximate surface area is 141 Å². The van der Waals surface area contributed by atoms with Crippen LogP contribution in [0.2, 0.25) is 0 Å². The van der Waals surface area contributed by atoms with Crippen molar-refractivity contribution in [2.75, 3.05) is 12.3 Å². The van der Waals surface area contributed by atoms with Crippen LogP contribution in [0.3, 0.4) is 0 Å². The van der Waals surface area contributed by atoms with Gasteiger partial charge in [0, 0.05) is 18.0 Å². The standard InChI is InChI=1S/C16H16BrN5O/c1-10(20-9-12(23)11-5-3-2-4-6-11)16-21-14(17)13-15(18)19-7-8-22(13)16/h2-8,10,20H,9H2,1H3,(H2,18,19)/t10-/m0/s1. The second kappa shape index (κ2) is 6.47. The zero-order chi connectivity index (χ0) is 16.4. The number of anilines is 1. The zero-order valence-corrected chi connectivity index (χ0v) is 14.1. The molecule has 2 aromatic heterocycles. The first-order chi connectivity index (χ1) is 11.1. The summed E-state index contributed by atoms with van der Waals surface area (Å²) in [6, 6.07) is 9.09. The lowest BCUT2D eigenvalue weighted by Crippen LogP contribution is -2.27. The Morgan fingerprint density at radius 1 is 1.39 bits per heavy atom. The lowest BCUT2D eigenvalue weighted by molar-refractivity contribution is 0.0987. The molecule has 0 aliphatic rings. The smallest absolute Gasteiger partial charge is 0.176 e. The van der Waals surface area contributed by atoms with E-state index in [0.29, 0.717) is 16.0 Å². The van der Waals surface area contributed by atoms with Crippen molar-refractivity contribution in [1.82, 2.24) is 19.7 Å². The number of carbonyl (C=O) groups is 1. The molecule has 1 aromatic carbocycles. The number of hydrogen-bond acceptors (Lipinski definition) is 5. The number of carbonyl (C=O) groups excluding carboxylic acids is 1. The molecule has 1 atom stereocenters. The largest absolute Gasteiger partial charge is 0.382 e. The van der Waals surface area contributed by atoms with Gasteiger partial charge in [0.25, 0.3) is 0 Å². The average Bonchev–Trinajstić information content (AvgIpc) is 2.91. The molecule has 0 spiro atoms. The molecule has 3 rings (SSSR count). The number of nitrogens with zero attached hydrogens (tertiary/aromatic N) is 3. The van der Waals surface area contributed by atoms with E-state index in [4.69, 9.17) is 5.73 Å². The molecule has 23 heavy (non-hydrogen) atoms. The van der Waals surface area contributed by atoms with Gasteiger partial charge in [0.15, 0.2) is 11.6 Å². The number of nitrogens with one attached hydrogen (secondary N) is 1. The molecule has 7 heteroatoms. The minimum absolute atomic E-state index is 0.0403. The van der Waals surface area contributed by atoms with E-state index in [2.05, 4.69) is 31.2 Å². The van der Waals surface area contributed by atoms with E-state index in [9.17, 15) is 4.79 Å². The highest BCUT2D eigenvalue weighted by molar-refractivity contribution is 9.10. The van der Waals surface area contributed by atoms with Crippen molar-refractivity contribution in [3.8, 4) is 0 Å². The first kappa shape index (κ1) is 15.6. The Bertz CT molecular complexity index is 846. The van der Waals surface area contributed by atoms with Crippen molar-refractivity contribution in [3.63, 3.8) is 0 Å². The van der Waals surface area contributed by atoms with Gasteiger partial charge < -0.3 is 11.1 Å². The molecule has 3 aromatic rings. The lowest BCUT2D eigenvalue weighted by Gasteiger charge is -2.12. The number of hydrogen-bond donors (Lipinski definition) is 2. The van der Waals surface area contributed by atoms with Crippen LogP contribution >= 0.6 is 15.9 Å². The van der Waals surface area contributed by atoms with Crippen LogP contribution < -0.4 is 11.1 Å². The predicted molar refractivity (Wildman–Crippen MR) is 92.3 cm³/mol. The molecule has 0 radical (unpaired) electrons. The fraction of sp³-hybridized carbons (Fsp3) is 0.188. The third kappa shape index (κ3) is 3.11. The van der Waals surface area contributed by atoms with Gasteiger partial charge in [-0.05, 0) is 22.9 Å². The highest BCUT2D eigenvalue weighted by atomic mass is 79.9. The van der Waals surface area contributed by atoms with Gasteiger partial charge in [0.2, 0.25) is 0 Å². The number of aromatic nitrogens is 3. The van der Waals surface area contributed by atoms with Gasteiger partial charge in [-0.1, -0.05) is 30.3 Å². The topological polar surface area (TPSA) is 85.3 Å². The number of halogens is 1. The van der Waals surface area contributed by atoms with Crippen molar-refractivity contribution in [1.29, 1.82) is 0 Å². The summed E-state index contributed by atoms with van der Waals surface area (Å²) in [4.78, 5) is 20.7. The molecule has 0 unspecified atom stereocenters. The van der Waals surface area contributed by atoms with Crippen molar-refractivity contribution in [2.45, 2.75) is 13.0 Å². The summed E-state index contributed by atoms with van der Waals surface area (Å²) < 4.78 is 2.51. The fourth-order valence-electron chi connectivity index (χ4n) is 2.41. The zero-order valence-electron chi connectivity index (χ0n) is 12.5. The maximum Gasteiger partial charge on any atom is 0.176 e. The number of fused-ring (bicyclic) bond motifs is 1. The SMILES string of the molecule is C[C@H](NCC(=O)c1ccccc1)c1nc(Br)c2c(N)nccn12. The van der Waals surface area contributed by atoms with Gasteiger partial charge in [-0.3, -0.25) is 9.20 Å². The molecule has 0 saturated heterocycles. The summed E-state index contributed by atoms with van der Waals surface area (Å²) in [7, 11) is 0. The van der Waals surface area contributed by atoms with Crippen LogP contribution in [0, 0.1) is 0 Å². The number of Topliss-reactive ketones (excluding diaryl/α,β-unsaturated/α-hetero) is 1. The van der Waals surface area contributed by atoms with E-state index < -0.39 is 0 Å². The first-order valence-corrected chi connectivity index (χ1v) is 7.97. The average molecular weight is 374 g/mol. The third-order valence-electron chi connectivity index (χ3n) is 3.62. The monoisotopic (exact) mass is 373 g/mol. The van der Waals surface area contributed by atoms with Gasteiger partial charge in [0.1, 0.15) is 15.9 Å². The van der Waals surface area contributed by atoms with Crippen molar-refractivity contribution < 1.29 is 4.79 Å². The number of rotatable bonds is 5. The Balaban J connectivity index is 1.78. The van der Waals surface area contributed by atoms with Crippen LogP contribution in [-0.4, -0.2) is 26.7 Å². The van der Waals surface area contributed by atoms with E-state index >= 15 is 0 Å². The summed E-state index contributed by atoms with van der Waals surface area (Å²) in [5.41, 5.74) is 7.31. The second-order valence-corrected chi connectivity index (χ2v) is 5.93. The summed E-state index contributed by atoms with van der Waals surface area (Å²) >= 11 is 3.41. The molecular weight excluding hydrogens is 358 g/mol. The predicted octanol–water partition coefficient (Wildman–Crippen LogP) is 2.61. The first-order valence-electron chi connectivity index (χ1n) is 7.17. The van der Waals surface area contributed by atoms with E-state index in [-0.39, 0.29) is 18.4 Å². The van der Waals surface area contributed by atoms with Gasteiger partial charge in [-0.15, -0.1) is 0 Å². The molecule has 0 fully saturated rings. The van der Waals surface area contributed by atoms with Crippen LogP contribution in [0.25, 0.3) is 5.52 Å². The maximum atomic E-state index is 12.2. The Morgan fingerprint density at radius 3 is 2.87 bits per heavy atom. The van der Waals surface area contributed by atoms with Crippen LogP contribution in [0.5, 0.6) is 0 Å². The number of nitrogens with two attached hydrogens (primary N) is 1. The van der Waals surface area contributed by atoms with Crippen LogP contribution in [0.15, 0.2) is 47.3 Å². The van der Waals surface area contributed by atoms with Gasteiger partial charge >= 0.3 is 0 Å². The molecule has 0 aliphatic carbocycles. The summed E-state index contributed by atoms with van der Waals surface area (Å²) in [5, 5.41) is 3.21. The number of ketones is 1. The summed E-state index contributed by atoms with van der Waals surface area (Å²) in [5.74, 6) is 1.21.